The highest BCUT2D eigenvalue weighted by Crippen LogP contribution is 2.10. The van der Waals surface area contributed by atoms with Gasteiger partial charge in [-0.25, -0.2) is 18.3 Å². The molecule has 8 heteroatoms. The van der Waals surface area contributed by atoms with Crippen LogP contribution < -0.4 is 5.56 Å². The van der Waals surface area contributed by atoms with Gasteiger partial charge in [0.25, 0.3) is 5.56 Å². The Bertz CT molecular complexity index is 746. The summed E-state index contributed by atoms with van der Waals surface area (Å²) < 4.78 is 27.1. The fraction of sp³-hybridized carbons (Fsp3) is 0.0833. The van der Waals surface area contributed by atoms with Crippen molar-refractivity contribution in [2.45, 2.75) is 6.54 Å². The van der Waals surface area contributed by atoms with Gasteiger partial charge in [0.1, 0.15) is 9.26 Å². The van der Waals surface area contributed by atoms with E-state index in [1.54, 1.807) is 22.6 Å². The number of carboxylic acids is 1. The number of carboxylic acid groups (broad SMARTS) is 1. The highest BCUT2D eigenvalue weighted by Gasteiger charge is 2.14. The van der Waals surface area contributed by atoms with E-state index in [0.717, 1.165) is 22.9 Å². The largest absolute Gasteiger partial charge is 0.477 e. The molecule has 0 aliphatic rings. The second-order valence-corrected chi connectivity index (χ2v) is 5.00. The topological polar surface area (TPSA) is 72.2 Å². The van der Waals surface area contributed by atoms with Crippen molar-refractivity contribution in [3.63, 3.8) is 0 Å². The number of rotatable bonds is 3. The van der Waals surface area contributed by atoms with Gasteiger partial charge in [-0.05, 0) is 46.4 Å². The molecule has 0 unspecified atom stereocenters. The molecule has 1 aromatic carbocycles. The van der Waals surface area contributed by atoms with Crippen LogP contribution in [0.2, 0.25) is 0 Å². The number of hydrogen-bond acceptors (Lipinski definition) is 3. The number of carbonyl (C=O) groups is 1. The summed E-state index contributed by atoms with van der Waals surface area (Å²) in [5.41, 5.74) is -0.925. The second-order valence-electron chi connectivity index (χ2n) is 3.90. The first-order valence-corrected chi connectivity index (χ1v) is 6.41. The zero-order valence-corrected chi connectivity index (χ0v) is 12.0. The van der Waals surface area contributed by atoms with Crippen LogP contribution in [0.25, 0.3) is 0 Å². The number of aromatic carboxylic acids is 1. The van der Waals surface area contributed by atoms with Crippen molar-refractivity contribution in [3.05, 3.63) is 61.1 Å². The lowest BCUT2D eigenvalue weighted by atomic mass is 10.2. The molecule has 5 nitrogen and oxygen atoms in total. The van der Waals surface area contributed by atoms with Crippen LogP contribution in [0.15, 0.2) is 29.1 Å². The molecule has 0 saturated heterocycles. The number of benzene rings is 1. The minimum atomic E-state index is -1.37. The lowest BCUT2D eigenvalue weighted by molar-refractivity contribution is 0.0693. The lowest BCUT2D eigenvalue weighted by Gasteiger charge is -2.07. The Morgan fingerprint density at radius 2 is 2.00 bits per heavy atom. The van der Waals surface area contributed by atoms with Crippen molar-refractivity contribution in [1.82, 2.24) is 9.78 Å². The van der Waals surface area contributed by atoms with Crippen LogP contribution >= 0.6 is 22.6 Å². The fourth-order valence-corrected chi connectivity index (χ4v) is 2.15. The molecule has 1 aromatic heterocycles. The monoisotopic (exact) mass is 392 g/mol. The van der Waals surface area contributed by atoms with E-state index in [0.29, 0.717) is 9.26 Å². The number of hydrogen-bond donors (Lipinski definition) is 1. The standard InChI is InChI=1S/C12H7F2IN2O3/c13-8-2-1-6(3-9(8)14)5-17-11(18)7(12(19)20)4-10(15)16-17/h1-4H,5H2,(H,19,20). The van der Waals surface area contributed by atoms with Crippen LogP contribution in [0.3, 0.4) is 0 Å². The highest BCUT2D eigenvalue weighted by molar-refractivity contribution is 14.1. The van der Waals surface area contributed by atoms with E-state index in [2.05, 4.69) is 5.10 Å². The van der Waals surface area contributed by atoms with Crippen molar-refractivity contribution in [2.75, 3.05) is 0 Å². The van der Waals surface area contributed by atoms with E-state index in [-0.39, 0.29) is 6.54 Å². The molecule has 1 N–H and O–H groups in total. The molecule has 0 bridgehead atoms. The van der Waals surface area contributed by atoms with Crippen LogP contribution in [0.4, 0.5) is 8.78 Å². The van der Waals surface area contributed by atoms with Crippen LogP contribution in [-0.2, 0) is 6.54 Å². The second kappa shape index (κ2) is 5.65. The van der Waals surface area contributed by atoms with Crippen molar-refractivity contribution in [2.24, 2.45) is 0 Å². The molecule has 0 saturated carbocycles. The van der Waals surface area contributed by atoms with Gasteiger partial charge >= 0.3 is 5.97 Å². The zero-order chi connectivity index (χ0) is 14.9. The minimum Gasteiger partial charge on any atom is -0.477 e. The predicted octanol–water partition coefficient (Wildman–Crippen LogP) is 1.87. The van der Waals surface area contributed by atoms with Gasteiger partial charge in [-0.2, -0.15) is 5.10 Å². The highest BCUT2D eigenvalue weighted by atomic mass is 127. The molecule has 2 rings (SSSR count). The van der Waals surface area contributed by atoms with Gasteiger partial charge in [-0.3, -0.25) is 4.79 Å². The Hall–Kier alpha value is -1.84. The zero-order valence-electron chi connectivity index (χ0n) is 9.81. The molecule has 0 atom stereocenters. The third kappa shape index (κ3) is 3.00. The van der Waals surface area contributed by atoms with Gasteiger partial charge in [-0.1, -0.05) is 6.07 Å². The van der Waals surface area contributed by atoms with Crippen LogP contribution in [0.1, 0.15) is 15.9 Å². The van der Waals surface area contributed by atoms with E-state index < -0.39 is 28.7 Å². The van der Waals surface area contributed by atoms with Gasteiger partial charge in [0.15, 0.2) is 11.6 Å². The lowest BCUT2D eigenvalue weighted by Crippen LogP contribution is -2.29. The average molecular weight is 392 g/mol. The smallest absolute Gasteiger partial charge is 0.341 e. The first-order valence-electron chi connectivity index (χ1n) is 5.33. The maximum absolute atomic E-state index is 13.1. The molecule has 0 amide bonds. The molecule has 1 heterocycles. The average Bonchev–Trinajstić information content (AvgIpc) is 2.37. The maximum Gasteiger partial charge on any atom is 0.341 e. The summed E-state index contributed by atoms with van der Waals surface area (Å²) in [5, 5.41) is 12.8. The van der Waals surface area contributed by atoms with E-state index in [1.807, 2.05) is 0 Å². The van der Waals surface area contributed by atoms with Crippen molar-refractivity contribution < 1.29 is 18.7 Å². The summed E-state index contributed by atoms with van der Waals surface area (Å²) in [7, 11) is 0. The molecule has 0 fully saturated rings. The van der Waals surface area contributed by atoms with Crippen LogP contribution in [0.5, 0.6) is 0 Å². The Labute approximate surface area is 125 Å². The Balaban J connectivity index is 2.45. The van der Waals surface area contributed by atoms with Crippen molar-refractivity contribution in [3.8, 4) is 0 Å². The van der Waals surface area contributed by atoms with Gasteiger partial charge in [0.2, 0.25) is 0 Å². The Morgan fingerprint density at radius 3 is 2.60 bits per heavy atom. The van der Waals surface area contributed by atoms with E-state index >= 15 is 0 Å². The SMILES string of the molecule is O=C(O)c1cc(I)nn(Cc2ccc(F)c(F)c2)c1=O. The normalized spacial score (nSPS) is 10.6. The quantitative estimate of drug-likeness (QED) is 0.810. The summed E-state index contributed by atoms with van der Waals surface area (Å²) in [5.74, 6) is -3.41. The first kappa shape index (κ1) is 14.6. The number of nitrogens with zero attached hydrogens (tertiary/aromatic N) is 2. The van der Waals surface area contributed by atoms with E-state index in [4.69, 9.17) is 5.11 Å². The molecule has 0 radical (unpaired) electrons. The molecular formula is C12H7F2IN2O3. The van der Waals surface area contributed by atoms with Crippen LogP contribution in [-0.4, -0.2) is 20.9 Å². The third-order valence-corrected chi connectivity index (χ3v) is 3.02. The molecular weight excluding hydrogens is 385 g/mol. The van der Waals surface area contributed by atoms with Gasteiger partial charge in [0, 0.05) is 0 Å². The van der Waals surface area contributed by atoms with Gasteiger partial charge in [0.05, 0.1) is 6.54 Å². The van der Waals surface area contributed by atoms with E-state index in [9.17, 15) is 18.4 Å². The third-order valence-electron chi connectivity index (χ3n) is 2.49. The molecule has 20 heavy (non-hydrogen) atoms. The van der Waals surface area contributed by atoms with Gasteiger partial charge in [-0.15, -0.1) is 0 Å². The summed E-state index contributed by atoms with van der Waals surface area (Å²) in [6.45, 7) is -0.146. The van der Waals surface area contributed by atoms with Crippen molar-refractivity contribution >= 4 is 28.6 Å². The number of halogens is 3. The molecule has 0 aliphatic heterocycles. The molecule has 2 aromatic rings. The molecule has 0 aliphatic carbocycles. The Kier molecular flexibility index (Phi) is 4.12. The maximum atomic E-state index is 13.1. The summed E-state index contributed by atoms with van der Waals surface area (Å²) in [6.07, 6.45) is 0. The molecule has 0 spiro atoms. The predicted molar refractivity (Wildman–Crippen MR) is 73.6 cm³/mol. The van der Waals surface area contributed by atoms with Gasteiger partial charge < -0.3 is 5.11 Å². The summed E-state index contributed by atoms with van der Waals surface area (Å²) >= 11 is 1.77. The first-order chi connectivity index (χ1) is 9.38. The van der Waals surface area contributed by atoms with Crippen molar-refractivity contribution in [1.29, 1.82) is 0 Å². The van der Waals surface area contributed by atoms with Crippen LogP contribution in [0, 0.1) is 15.3 Å². The van der Waals surface area contributed by atoms with E-state index in [1.165, 1.54) is 6.07 Å². The summed E-state index contributed by atoms with van der Waals surface area (Å²) in [6, 6.07) is 4.31. The fourth-order valence-electron chi connectivity index (χ4n) is 1.58. The molecule has 104 valence electrons. The summed E-state index contributed by atoms with van der Waals surface area (Å²) in [4.78, 5) is 22.8. The minimum absolute atomic E-state index is 0.146. The Morgan fingerprint density at radius 1 is 1.30 bits per heavy atom. The number of aromatic nitrogens is 2.